The first-order chi connectivity index (χ1) is 8.42. The highest BCUT2D eigenvalue weighted by Crippen LogP contribution is 2.16. The maximum absolute atomic E-state index is 5.54. The van der Waals surface area contributed by atoms with Crippen LogP contribution in [-0.2, 0) is 11.2 Å². The Hall–Kier alpha value is -1.75. The van der Waals surface area contributed by atoms with E-state index in [0.29, 0.717) is 12.5 Å². The average Bonchev–Trinajstić information content (AvgIpc) is 3.00. The first-order valence-corrected chi connectivity index (χ1v) is 6.21. The zero-order valence-electron chi connectivity index (χ0n) is 9.11. The summed E-state index contributed by atoms with van der Waals surface area (Å²) < 4.78 is 9.49. The molecule has 17 heavy (non-hydrogen) atoms. The van der Waals surface area contributed by atoms with Crippen LogP contribution in [0.3, 0.4) is 0 Å². The molecular weight excluding hydrogens is 234 g/mol. The molecule has 0 saturated carbocycles. The van der Waals surface area contributed by atoms with E-state index in [0.717, 1.165) is 11.4 Å². The Morgan fingerprint density at radius 2 is 2.18 bits per heavy atom. The van der Waals surface area contributed by atoms with Crippen molar-refractivity contribution in [2.24, 2.45) is 4.99 Å². The van der Waals surface area contributed by atoms with Crippen molar-refractivity contribution in [1.82, 2.24) is 9.36 Å². The van der Waals surface area contributed by atoms with Crippen LogP contribution < -0.4 is 0 Å². The molecule has 0 aliphatic carbocycles. The zero-order chi connectivity index (χ0) is 11.5. The first kappa shape index (κ1) is 10.4. The Kier molecular flexibility index (Phi) is 2.83. The average molecular weight is 245 g/mol. The summed E-state index contributed by atoms with van der Waals surface area (Å²) in [5, 5.41) is 0.764. The molecule has 0 radical (unpaired) electrons. The van der Waals surface area contributed by atoms with E-state index in [9.17, 15) is 0 Å². The van der Waals surface area contributed by atoms with E-state index in [-0.39, 0.29) is 6.04 Å². The number of ether oxygens (including phenoxy) is 1. The van der Waals surface area contributed by atoms with Crippen molar-refractivity contribution in [3.05, 3.63) is 47.2 Å². The van der Waals surface area contributed by atoms with Gasteiger partial charge in [0.15, 0.2) is 5.01 Å². The molecular formula is C12H11N3OS. The van der Waals surface area contributed by atoms with Gasteiger partial charge in [0, 0.05) is 0 Å². The number of rotatable bonds is 3. The van der Waals surface area contributed by atoms with Crippen molar-refractivity contribution in [2.75, 3.05) is 6.61 Å². The minimum atomic E-state index is 0.191. The van der Waals surface area contributed by atoms with Crippen LogP contribution in [-0.4, -0.2) is 27.9 Å². The van der Waals surface area contributed by atoms with Crippen molar-refractivity contribution in [3.8, 4) is 0 Å². The Morgan fingerprint density at radius 3 is 2.94 bits per heavy atom. The van der Waals surface area contributed by atoms with Crippen LogP contribution >= 0.6 is 11.5 Å². The minimum Gasteiger partial charge on any atom is -0.473 e. The second-order valence-corrected chi connectivity index (χ2v) is 4.62. The monoisotopic (exact) mass is 245 g/mol. The van der Waals surface area contributed by atoms with Gasteiger partial charge in [-0.05, 0) is 23.5 Å². The Morgan fingerprint density at radius 1 is 1.29 bits per heavy atom. The number of hydrogen-bond acceptors (Lipinski definition) is 5. The largest absolute Gasteiger partial charge is 0.473 e. The number of aliphatic imine (C=N–C) groups is 1. The van der Waals surface area contributed by atoms with Gasteiger partial charge in [-0.1, -0.05) is 30.3 Å². The summed E-state index contributed by atoms with van der Waals surface area (Å²) in [7, 11) is 0. The zero-order valence-corrected chi connectivity index (χ0v) is 9.93. The Labute approximate surface area is 103 Å². The molecule has 2 heterocycles. The summed E-state index contributed by atoms with van der Waals surface area (Å²) >= 11 is 1.31. The van der Waals surface area contributed by atoms with Crippen LogP contribution in [0.2, 0.25) is 0 Å². The van der Waals surface area contributed by atoms with Crippen molar-refractivity contribution in [1.29, 1.82) is 0 Å². The third kappa shape index (κ3) is 2.34. The molecule has 0 bridgehead atoms. The molecule has 1 aromatic heterocycles. The van der Waals surface area contributed by atoms with Crippen molar-refractivity contribution in [3.63, 3.8) is 0 Å². The molecule has 0 spiro atoms. The Bertz CT molecular complexity index is 510. The summed E-state index contributed by atoms with van der Waals surface area (Å²) in [5.41, 5.74) is 1.28. The molecule has 86 valence electrons. The number of benzene rings is 1. The molecule has 1 aliphatic heterocycles. The molecule has 1 aromatic carbocycles. The molecule has 2 aromatic rings. The van der Waals surface area contributed by atoms with Gasteiger partial charge in [0.1, 0.15) is 12.9 Å². The number of nitrogens with zero attached hydrogens (tertiary/aromatic N) is 3. The topological polar surface area (TPSA) is 47.4 Å². The molecule has 4 nitrogen and oxygen atoms in total. The Balaban J connectivity index is 1.71. The third-order valence-electron chi connectivity index (χ3n) is 2.57. The van der Waals surface area contributed by atoms with Crippen LogP contribution in [0.25, 0.3) is 0 Å². The molecule has 1 atom stereocenters. The summed E-state index contributed by atoms with van der Waals surface area (Å²) in [6, 6.07) is 10.5. The SMILES string of the molecule is c1ccc(CC2COC(c3ncns3)=N2)cc1. The van der Waals surface area contributed by atoms with E-state index in [2.05, 4.69) is 26.5 Å². The van der Waals surface area contributed by atoms with Crippen LogP contribution in [0, 0.1) is 0 Å². The molecule has 3 rings (SSSR count). The lowest BCUT2D eigenvalue weighted by Crippen LogP contribution is -2.09. The van der Waals surface area contributed by atoms with Crippen molar-refractivity contribution in [2.45, 2.75) is 12.5 Å². The van der Waals surface area contributed by atoms with Crippen LogP contribution in [0.5, 0.6) is 0 Å². The van der Waals surface area contributed by atoms with E-state index in [1.165, 1.54) is 23.4 Å². The van der Waals surface area contributed by atoms with E-state index >= 15 is 0 Å². The quantitative estimate of drug-likeness (QED) is 0.830. The van der Waals surface area contributed by atoms with Crippen LogP contribution in [0.1, 0.15) is 10.6 Å². The fraction of sp³-hybridized carbons (Fsp3) is 0.250. The smallest absolute Gasteiger partial charge is 0.248 e. The van der Waals surface area contributed by atoms with Crippen LogP contribution in [0.4, 0.5) is 0 Å². The summed E-state index contributed by atoms with van der Waals surface area (Å²) in [6.45, 7) is 0.629. The highest BCUT2D eigenvalue weighted by molar-refractivity contribution is 7.07. The maximum Gasteiger partial charge on any atom is 0.248 e. The summed E-state index contributed by atoms with van der Waals surface area (Å²) in [4.78, 5) is 8.62. The second-order valence-electron chi connectivity index (χ2n) is 3.84. The predicted octanol–water partition coefficient (Wildman–Crippen LogP) is 1.93. The standard InChI is InChI=1S/C12H11N3OS/c1-2-4-9(5-3-1)6-10-7-16-11(15-10)12-13-8-14-17-12/h1-5,8,10H,6-7H2. The fourth-order valence-corrected chi connectivity index (χ4v) is 2.27. The molecule has 0 saturated heterocycles. The van der Waals surface area contributed by atoms with E-state index in [4.69, 9.17) is 4.74 Å². The lowest BCUT2D eigenvalue weighted by atomic mass is 10.1. The molecule has 0 fully saturated rings. The lowest BCUT2D eigenvalue weighted by Gasteiger charge is -2.03. The van der Waals surface area contributed by atoms with Gasteiger partial charge >= 0.3 is 0 Å². The first-order valence-electron chi connectivity index (χ1n) is 5.43. The fourth-order valence-electron chi connectivity index (χ4n) is 1.79. The molecule has 1 aliphatic rings. The van der Waals surface area contributed by atoms with Gasteiger partial charge in [-0.3, -0.25) is 0 Å². The maximum atomic E-state index is 5.54. The molecule has 0 N–H and O–H groups in total. The normalized spacial score (nSPS) is 18.8. The van der Waals surface area contributed by atoms with Crippen LogP contribution in [0.15, 0.2) is 41.7 Å². The van der Waals surface area contributed by atoms with Gasteiger partial charge in [-0.15, -0.1) is 0 Å². The lowest BCUT2D eigenvalue weighted by molar-refractivity contribution is 0.317. The van der Waals surface area contributed by atoms with Gasteiger partial charge in [-0.25, -0.2) is 9.98 Å². The number of aromatic nitrogens is 2. The van der Waals surface area contributed by atoms with E-state index in [1.54, 1.807) is 0 Å². The number of hydrogen-bond donors (Lipinski definition) is 0. The van der Waals surface area contributed by atoms with Gasteiger partial charge in [0.05, 0.1) is 6.04 Å². The van der Waals surface area contributed by atoms with Gasteiger partial charge in [-0.2, -0.15) is 4.37 Å². The minimum absolute atomic E-state index is 0.191. The predicted molar refractivity (Wildman–Crippen MR) is 66.3 cm³/mol. The second kappa shape index (κ2) is 4.63. The highest BCUT2D eigenvalue weighted by atomic mass is 32.1. The van der Waals surface area contributed by atoms with Crippen molar-refractivity contribution >= 4 is 17.4 Å². The highest BCUT2D eigenvalue weighted by Gasteiger charge is 2.22. The van der Waals surface area contributed by atoms with E-state index < -0.39 is 0 Å². The molecule has 1 unspecified atom stereocenters. The molecule has 0 amide bonds. The third-order valence-corrected chi connectivity index (χ3v) is 3.22. The van der Waals surface area contributed by atoms with E-state index in [1.807, 2.05) is 18.2 Å². The van der Waals surface area contributed by atoms with Crippen molar-refractivity contribution < 1.29 is 4.74 Å². The summed E-state index contributed by atoms with van der Waals surface area (Å²) in [6.07, 6.45) is 2.43. The van der Waals surface area contributed by atoms with Gasteiger partial charge < -0.3 is 4.74 Å². The van der Waals surface area contributed by atoms with Gasteiger partial charge in [0.2, 0.25) is 5.90 Å². The summed E-state index contributed by atoms with van der Waals surface area (Å²) in [5.74, 6) is 0.633. The van der Waals surface area contributed by atoms with Gasteiger partial charge in [0.25, 0.3) is 0 Å². The molecule has 5 heteroatoms.